The SMILES string of the molecule is COC(=O)NC1CCN(C(=O)COc2ccc(N)cc2)C1. The monoisotopic (exact) mass is 293 g/mol. The number of nitrogens with zero attached hydrogens (tertiary/aromatic N) is 1. The van der Waals surface area contributed by atoms with Crippen LogP contribution in [0.2, 0.25) is 0 Å². The molecule has 2 amide bonds. The Labute approximate surface area is 123 Å². The van der Waals surface area contributed by atoms with Crippen LogP contribution in [0.1, 0.15) is 6.42 Å². The second-order valence-corrected chi connectivity index (χ2v) is 4.82. The van der Waals surface area contributed by atoms with Crippen molar-refractivity contribution in [2.45, 2.75) is 12.5 Å². The molecule has 1 fully saturated rings. The van der Waals surface area contributed by atoms with Gasteiger partial charge < -0.3 is 25.4 Å². The zero-order valence-corrected chi connectivity index (χ0v) is 11.9. The molecule has 3 N–H and O–H groups in total. The van der Waals surface area contributed by atoms with Gasteiger partial charge in [0.2, 0.25) is 0 Å². The molecule has 1 aromatic carbocycles. The summed E-state index contributed by atoms with van der Waals surface area (Å²) in [5.74, 6) is 0.488. The molecule has 0 radical (unpaired) electrons. The fraction of sp³-hybridized carbons (Fsp3) is 0.429. The second kappa shape index (κ2) is 6.83. The molecule has 0 spiro atoms. The van der Waals surface area contributed by atoms with Crippen molar-refractivity contribution in [1.82, 2.24) is 10.2 Å². The van der Waals surface area contributed by atoms with Gasteiger partial charge in [0.15, 0.2) is 6.61 Å². The van der Waals surface area contributed by atoms with Gasteiger partial charge in [-0.1, -0.05) is 0 Å². The van der Waals surface area contributed by atoms with Crippen LogP contribution in [0.4, 0.5) is 10.5 Å². The smallest absolute Gasteiger partial charge is 0.407 e. The number of ether oxygens (including phenoxy) is 2. The molecule has 1 aliphatic heterocycles. The lowest BCUT2D eigenvalue weighted by molar-refractivity contribution is -0.132. The molecule has 2 rings (SSSR count). The first-order valence-corrected chi connectivity index (χ1v) is 6.69. The molecule has 114 valence electrons. The third-order valence-electron chi connectivity index (χ3n) is 3.29. The molecule has 7 heteroatoms. The first kappa shape index (κ1) is 15.0. The van der Waals surface area contributed by atoms with Crippen LogP contribution in [0.3, 0.4) is 0 Å². The second-order valence-electron chi connectivity index (χ2n) is 4.82. The maximum atomic E-state index is 12.0. The van der Waals surface area contributed by atoms with Crippen molar-refractivity contribution in [3.8, 4) is 5.75 Å². The number of anilines is 1. The van der Waals surface area contributed by atoms with Crippen LogP contribution in [0.25, 0.3) is 0 Å². The maximum Gasteiger partial charge on any atom is 0.407 e. The van der Waals surface area contributed by atoms with E-state index in [1.165, 1.54) is 7.11 Å². The van der Waals surface area contributed by atoms with Gasteiger partial charge in [-0.05, 0) is 30.7 Å². The third kappa shape index (κ3) is 4.27. The van der Waals surface area contributed by atoms with E-state index in [-0.39, 0.29) is 18.6 Å². The van der Waals surface area contributed by atoms with Crippen LogP contribution >= 0.6 is 0 Å². The van der Waals surface area contributed by atoms with Gasteiger partial charge in [-0.15, -0.1) is 0 Å². The Morgan fingerprint density at radius 3 is 2.76 bits per heavy atom. The number of benzene rings is 1. The number of likely N-dealkylation sites (tertiary alicyclic amines) is 1. The number of alkyl carbamates (subject to hydrolysis) is 1. The Bertz CT molecular complexity index is 503. The number of carbonyl (C=O) groups is 2. The summed E-state index contributed by atoms with van der Waals surface area (Å²) < 4.78 is 9.95. The summed E-state index contributed by atoms with van der Waals surface area (Å²) in [6.07, 6.45) is 0.232. The van der Waals surface area contributed by atoms with Crippen LogP contribution in [-0.4, -0.2) is 49.7 Å². The van der Waals surface area contributed by atoms with Crippen molar-refractivity contribution in [1.29, 1.82) is 0 Å². The van der Waals surface area contributed by atoms with Gasteiger partial charge >= 0.3 is 6.09 Å². The topological polar surface area (TPSA) is 93.9 Å². The minimum Gasteiger partial charge on any atom is -0.484 e. The molecule has 0 aliphatic carbocycles. The average Bonchev–Trinajstić information content (AvgIpc) is 2.94. The van der Waals surface area contributed by atoms with Gasteiger partial charge in [0.05, 0.1) is 13.2 Å². The Hall–Kier alpha value is -2.44. The Morgan fingerprint density at radius 2 is 2.10 bits per heavy atom. The van der Waals surface area contributed by atoms with Crippen molar-refractivity contribution < 1.29 is 19.1 Å². The predicted molar refractivity (Wildman–Crippen MR) is 76.9 cm³/mol. The number of carbonyl (C=O) groups excluding carboxylic acids is 2. The third-order valence-corrected chi connectivity index (χ3v) is 3.29. The predicted octanol–water partition coefficient (Wildman–Crippen LogP) is 0.604. The summed E-state index contributed by atoms with van der Waals surface area (Å²) in [4.78, 5) is 24.8. The largest absolute Gasteiger partial charge is 0.484 e. The summed E-state index contributed by atoms with van der Waals surface area (Å²) >= 11 is 0. The van der Waals surface area contributed by atoms with Gasteiger partial charge in [-0.3, -0.25) is 4.79 Å². The summed E-state index contributed by atoms with van der Waals surface area (Å²) in [7, 11) is 1.31. The number of hydrogen-bond acceptors (Lipinski definition) is 5. The van der Waals surface area contributed by atoms with E-state index in [0.29, 0.717) is 30.9 Å². The Balaban J connectivity index is 1.76. The average molecular weight is 293 g/mol. The Kier molecular flexibility index (Phi) is 4.86. The van der Waals surface area contributed by atoms with Gasteiger partial charge in [0.25, 0.3) is 5.91 Å². The van der Waals surface area contributed by atoms with Crippen molar-refractivity contribution in [3.63, 3.8) is 0 Å². The lowest BCUT2D eigenvalue weighted by atomic mass is 10.3. The first-order valence-electron chi connectivity index (χ1n) is 6.69. The Morgan fingerprint density at radius 1 is 1.38 bits per heavy atom. The van der Waals surface area contributed by atoms with Crippen LogP contribution in [0.5, 0.6) is 5.75 Å². The molecule has 0 aromatic heterocycles. The van der Waals surface area contributed by atoms with Crippen molar-refractivity contribution in [3.05, 3.63) is 24.3 Å². The highest BCUT2D eigenvalue weighted by Crippen LogP contribution is 2.14. The minimum atomic E-state index is -0.479. The molecular formula is C14H19N3O4. The highest BCUT2D eigenvalue weighted by Gasteiger charge is 2.27. The fourth-order valence-electron chi connectivity index (χ4n) is 2.13. The quantitative estimate of drug-likeness (QED) is 0.793. The molecular weight excluding hydrogens is 274 g/mol. The molecule has 7 nitrogen and oxygen atoms in total. The van der Waals surface area contributed by atoms with Gasteiger partial charge in [-0.25, -0.2) is 4.79 Å². The minimum absolute atomic E-state index is 0.0329. The maximum absolute atomic E-state index is 12.0. The number of amides is 2. The summed E-state index contributed by atoms with van der Waals surface area (Å²) in [5.41, 5.74) is 6.22. The molecule has 1 saturated heterocycles. The number of methoxy groups -OCH3 is 1. The van der Waals surface area contributed by atoms with Gasteiger partial charge in [0.1, 0.15) is 5.75 Å². The lowest BCUT2D eigenvalue weighted by Gasteiger charge is -2.17. The first-order chi connectivity index (χ1) is 10.1. The number of nitrogens with two attached hydrogens (primary N) is 1. The molecule has 0 bridgehead atoms. The van der Waals surface area contributed by atoms with Crippen LogP contribution in [0, 0.1) is 0 Å². The highest BCUT2D eigenvalue weighted by molar-refractivity contribution is 5.78. The van der Waals surface area contributed by atoms with E-state index >= 15 is 0 Å². The normalized spacial score (nSPS) is 17.4. The van der Waals surface area contributed by atoms with E-state index < -0.39 is 6.09 Å². The summed E-state index contributed by atoms with van der Waals surface area (Å²) in [6.45, 7) is 1.03. The number of nitrogen functional groups attached to an aromatic ring is 1. The number of nitrogens with one attached hydrogen (secondary N) is 1. The number of rotatable bonds is 4. The van der Waals surface area contributed by atoms with Crippen molar-refractivity contribution in [2.24, 2.45) is 0 Å². The molecule has 1 unspecified atom stereocenters. The fourth-order valence-corrected chi connectivity index (χ4v) is 2.13. The van der Waals surface area contributed by atoms with Crippen LogP contribution < -0.4 is 15.8 Å². The van der Waals surface area contributed by atoms with E-state index in [2.05, 4.69) is 10.1 Å². The van der Waals surface area contributed by atoms with Gasteiger partial charge in [-0.2, -0.15) is 0 Å². The molecule has 1 atom stereocenters. The molecule has 1 heterocycles. The summed E-state index contributed by atoms with van der Waals surface area (Å²) in [5, 5.41) is 2.68. The van der Waals surface area contributed by atoms with E-state index in [1.54, 1.807) is 29.2 Å². The molecule has 0 saturated carbocycles. The molecule has 1 aromatic rings. The lowest BCUT2D eigenvalue weighted by Crippen LogP contribution is -2.39. The van der Waals surface area contributed by atoms with E-state index in [0.717, 1.165) is 0 Å². The number of hydrogen-bond donors (Lipinski definition) is 2. The zero-order valence-electron chi connectivity index (χ0n) is 11.9. The van der Waals surface area contributed by atoms with Crippen molar-refractivity contribution >= 4 is 17.7 Å². The van der Waals surface area contributed by atoms with Crippen LogP contribution in [0.15, 0.2) is 24.3 Å². The van der Waals surface area contributed by atoms with Gasteiger partial charge in [0, 0.05) is 18.8 Å². The molecule has 21 heavy (non-hydrogen) atoms. The summed E-state index contributed by atoms with van der Waals surface area (Å²) in [6, 6.07) is 6.79. The standard InChI is InChI=1S/C14H19N3O4/c1-20-14(19)16-11-6-7-17(8-11)13(18)9-21-12-4-2-10(15)3-5-12/h2-5,11H,6-9,15H2,1H3,(H,16,19). The van der Waals surface area contributed by atoms with Crippen molar-refractivity contribution in [2.75, 3.05) is 32.5 Å². The zero-order chi connectivity index (χ0) is 15.2. The molecule has 1 aliphatic rings. The van der Waals surface area contributed by atoms with E-state index in [4.69, 9.17) is 10.5 Å². The van der Waals surface area contributed by atoms with Crippen LogP contribution in [-0.2, 0) is 9.53 Å². The van der Waals surface area contributed by atoms with E-state index in [9.17, 15) is 9.59 Å². The van der Waals surface area contributed by atoms with E-state index in [1.807, 2.05) is 0 Å². The highest BCUT2D eigenvalue weighted by atomic mass is 16.5.